The van der Waals surface area contributed by atoms with E-state index < -0.39 is 27.0 Å². The summed E-state index contributed by atoms with van der Waals surface area (Å²) in [5.74, 6) is 0.386. The van der Waals surface area contributed by atoms with Gasteiger partial charge in [-0.25, -0.2) is 13.1 Å². The Labute approximate surface area is 153 Å². The Kier molecular flexibility index (Phi) is 6.60. The fraction of sp³-hybridized carbons (Fsp3) is 0.667. The summed E-state index contributed by atoms with van der Waals surface area (Å²) >= 11 is 0. The van der Waals surface area contributed by atoms with Crippen LogP contribution in [-0.4, -0.2) is 26.3 Å². The number of hydrogen-bond acceptors (Lipinski definition) is 3. The van der Waals surface area contributed by atoms with Crippen LogP contribution in [0.15, 0.2) is 18.2 Å². The number of halogens is 3. The van der Waals surface area contributed by atoms with Crippen LogP contribution in [0.2, 0.25) is 0 Å². The van der Waals surface area contributed by atoms with E-state index in [0.29, 0.717) is 23.7 Å². The summed E-state index contributed by atoms with van der Waals surface area (Å²) in [6.45, 7) is 5.65. The Balaban J connectivity index is 1.84. The third-order valence-corrected chi connectivity index (χ3v) is 6.84. The molecule has 2 rings (SSSR count). The minimum Gasteiger partial charge on any atom is -0.385 e. The van der Waals surface area contributed by atoms with Crippen LogP contribution >= 0.6 is 0 Å². The van der Waals surface area contributed by atoms with Crippen molar-refractivity contribution in [2.45, 2.75) is 63.9 Å². The lowest BCUT2D eigenvalue weighted by Gasteiger charge is -2.30. The van der Waals surface area contributed by atoms with E-state index in [2.05, 4.69) is 10.0 Å². The van der Waals surface area contributed by atoms with Gasteiger partial charge in [-0.15, -0.1) is 0 Å². The van der Waals surface area contributed by atoms with Crippen LogP contribution in [0.4, 0.5) is 18.9 Å². The van der Waals surface area contributed by atoms with Crippen molar-refractivity contribution >= 4 is 15.7 Å². The second-order valence-corrected chi connectivity index (χ2v) is 9.61. The second-order valence-electron chi connectivity index (χ2n) is 7.34. The van der Waals surface area contributed by atoms with Crippen LogP contribution in [0.5, 0.6) is 0 Å². The summed E-state index contributed by atoms with van der Waals surface area (Å²) in [5, 5.41) is 2.80. The highest BCUT2D eigenvalue weighted by Crippen LogP contribution is 2.32. The Morgan fingerprint density at radius 3 is 2.27 bits per heavy atom. The summed E-state index contributed by atoms with van der Waals surface area (Å²) in [4.78, 5) is 0. The number of anilines is 1. The molecule has 1 aromatic rings. The van der Waals surface area contributed by atoms with Gasteiger partial charge in [0, 0.05) is 18.3 Å². The van der Waals surface area contributed by atoms with Gasteiger partial charge in [-0.3, -0.25) is 0 Å². The van der Waals surface area contributed by atoms with Crippen molar-refractivity contribution in [2.24, 2.45) is 5.92 Å². The topological polar surface area (TPSA) is 58.2 Å². The number of nitrogens with one attached hydrogen (secondary N) is 2. The van der Waals surface area contributed by atoms with Gasteiger partial charge >= 0.3 is 6.18 Å². The molecule has 26 heavy (non-hydrogen) atoms. The molecule has 4 nitrogen and oxygen atoms in total. The molecule has 0 unspecified atom stereocenters. The van der Waals surface area contributed by atoms with E-state index in [0.717, 1.165) is 37.8 Å². The molecule has 0 aliphatic heterocycles. The minimum atomic E-state index is -4.33. The van der Waals surface area contributed by atoms with Crippen LogP contribution in [0.1, 0.15) is 50.7 Å². The van der Waals surface area contributed by atoms with Crippen molar-refractivity contribution in [3.63, 3.8) is 0 Å². The largest absolute Gasteiger partial charge is 0.416 e. The Morgan fingerprint density at radius 2 is 1.77 bits per heavy atom. The van der Waals surface area contributed by atoms with E-state index in [4.69, 9.17) is 0 Å². The van der Waals surface area contributed by atoms with Crippen molar-refractivity contribution in [1.29, 1.82) is 0 Å². The molecule has 0 heterocycles. The molecule has 2 N–H and O–H groups in total. The van der Waals surface area contributed by atoms with Crippen molar-refractivity contribution in [1.82, 2.24) is 4.72 Å². The molecular formula is C18H27F3N2O2S. The van der Waals surface area contributed by atoms with E-state index in [1.54, 1.807) is 20.8 Å². The van der Waals surface area contributed by atoms with Crippen LogP contribution in [0, 0.1) is 12.8 Å². The SMILES string of the molecule is Cc1cc(C(F)(F)F)ccc1NCC1CCC(NS(=O)(=O)C(C)C)CC1. The molecule has 0 bridgehead atoms. The lowest BCUT2D eigenvalue weighted by molar-refractivity contribution is -0.137. The smallest absolute Gasteiger partial charge is 0.385 e. The molecule has 1 saturated carbocycles. The van der Waals surface area contributed by atoms with E-state index in [1.807, 2.05) is 0 Å². The maximum atomic E-state index is 12.7. The van der Waals surface area contributed by atoms with Crippen LogP contribution in [0.25, 0.3) is 0 Å². The lowest BCUT2D eigenvalue weighted by atomic mass is 9.86. The van der Waals surface area contributed by atoms with E-state index in [9.17, 15) is 21.6 Å². The van der Waals surface area contributed by atoms with E-state index in [-0.39, 0.29) is 6.04 Å². The second kappa shape index (κ2) is 8.17. The maximum Gasteiger partial charge on any atom is 0.416 e. The highest BCUT2D eigenvalue weighted by atomic mass is 32.2. The molecule has 0 atom stereocenters. The normalized spacial score (nSPS) is 21.8. The van der Waals surface area contributed by atoms with Crippen molar-refractivity contribution in [3.8, 4) is 0 Å². The number of sulfonamides is 1. The van der Waals surface area contributed by atoms with Gasteiger partial charge in [0.2, 0.25) is 10.0 Å². The summed E-state index contributed by atoms with van der Waals surface area (Å²) < 4.78 is 64.7. The maximum absolute atomic E-state index is 12.7. The van der Waals surface area contributed by atoms with Crippen LogP contribution in [-0.2, 0) is 16.2 Å². The van der Waals surface area contributed by atoms with Gasteiger partial charge in [-0.1, -0.05) is 0 Å². The standard InChI is InChI=1S/C18H27F3N2O2S/c1-12(2)26(24,25)23-16-7-4-14(5-8-16)11-22-17-9-6-15(10-13(17)3)18(19,20)21/h6,9-10,12,14,16,22-23H,4-5,7-8,11H2,1-3H3. The number of hydrogen-bond donors (Lipinski definition) is 2. The Hall–Kier alpha value is -1.28. The number of benzene rings is 1. The van der Waals surface area contributed by atoms with Gasteiger partial charge in [0.05, 0.1) is 10.8 Å². The molecule has 1 aliphatic rings. The molecule has 0 radical (unpaired) electrons. The molecule has 0 saturated heterocycles. The molecule has 0 spiro atoms. The quantitative estimate of drug-likeness (QED) is 0.758. The summed E-state index contributed by atoms with van der Waals surface area (Å²) in [6.07, 6.45) is -0.991. The van der Waals surface area contributed by atoms with Crippen LogP contribution < -0.4 is 10.0 Å². The molecule has 148 valence electrons. The van der Waals surface area contributed by atoms with Gasteiger partial charge in [-0.05, 0) is 76.1 Å². The summed E-state index contributed by atoms with van der Waals surface area (Å²) in [7, 11) is -3.25. The van der Waals surface area contributed by atoms with E-state index in [1.165, 1.54) is 6.07 Å². The van der Waals surface area contributed by atoms with Gasteiger partial charge in [-0.2, -0.15) is 13.2 Å². The van der Waals surface area contributed by atoms with Crippen molar-refractivity contribution in [2.75, 3.05) is 11.9 Å². The average molecular weight is 392 g/mol. The van der Waals surface area contributed by atoms with Gasteiger partial charge in [0.25, 0.3) is 0 Å². The fourth-order valence-corrected chi connectivity index (χ4v) is 4.12. The average Bonchev–Trinajstić information content (AvgIpc) is 2.53. The molecular weight excluding hydrogens is 365 g/mol. The zero-order chi connectivity index (χ0) is 19.5. The Morgan fingerprint density at radius 1 is 1.15 bits per heavy atom. The third-order valence-electron chi connectivity index (χ3n) is 4.93. The first-order valence-electron chi connectivity index (χ1n) is 8.92. The zero-order valence-corrected chi connectivity index (χ0v) is 16.2. The molecule has 1 fully saturated rings. The van der Waals surface area contributed by atoms with Gasteiger partial charge in [0.1, 0.15) is 0 Å². The van der Waals surface area contributed by atoms with Crippen molar-refractivity contribution < 1.29 is 21.6 Å². The number of rotatable bonds is 6. The number of aryl methyl sites for hydroxylation is 1. The zero-order valence-electron chi connectivity index (χ0n) is 15.4. The van der Waals surface area contributed by atoms with E-state index >= 15 is 0 Å². The predicted molar refractivity (Wildman–Crippen MR) is 97.6 cm³/mol. The Bertz CT molecular complexity index is 710. The van der Waals surface area contributed by atoms with Gasteiger partial charge in [0.15, 0.2) is 0 Å². The molecule has 0 amide bonds. The molecule has 1 aromatic carbocycles. The van der Waals surface area contributed by atoms with Crippen LogP contribution in [0.3, 0.4) is 0 Å². The molecule has 8 heteroatoms. The summed E-state index contributed by atoms with van der Waals surface area (Å²) in [6, 6.07) is 3.69. The molecule has 1 aliphatic carbocycles. The first-order valence-corrected chi connectivity index (χ1v) is 10.5. The molecule has 0 aromatic heterocycles. The highest BCUT2D eigenvalue weighted by molar-refractivity contribution is 7.90. The third kappa shape index (κ3) is 5.61. The minimum absolute atomic E-state index is 0.0218. The monoisotopic (exact) mass is 392 g/mol. The lowest BCUT2D eigenvalue weighted by Crippen LogP contribution is -2.41. The highest BCUT2D eigenvalue weighted by Gasteiger charge is 2.31. The van der Waals surface area contributed by atoms with Gasteiger partial charge < -0.3 is 5.32 Å². The van der Waals surface area contributed by atoms with Crippen molar-refractivity contribution in [3.05, 3.63) is 29.3 Å². The fourth-order valence-electron chi connectivity index (χ4n) is 3.15. The first-order chi connectivity index (χ1) is 12.0. The summed E-state index contributed by atoms with van der Waals surface area (Å²) in [5.41, 5.74) is 0.636. The first kappa shape index (κ1) is 21.0. The predicted octanol–water partition coefficient (Wildman–Crippen LogP) is 4.31. The number of alkyl halides is 3.